The van der Waals surface area contributed by atoms with Crippen LogP contribution in [0.5, 0.6) is 0 Å². The lowest BCUT2D eigenvalue weighted by Gasteiger charge is -2.18. The second-order valence-corrected chi connectivity index (χ2v) is 7.39. The molecule has 2 N–H and O–H groups in total. The minimum Gasteiger partial charge on any atom is -0.377 e. The maximum Gasteiger partial charge on any atom is 0.420 e. The van der Waals surface area contributed by atoms with E-state index < -0.39 is 29.7 Å². The van der Waals surface area contributed by atoms with Gasteiger partial charge in [0, 0.05) is 7.11 Å². The van der Waals surface area contributed by atoms with Crippen LogP contribution in [-0.2, 0) is 10.9 Å². The quantitative estimate of drug-likeness (QED) is 0.451. The fraction of sp³-hybridized carbons (Fsp3) is 0.300. The molecule has 0 saturated carbocycles. The molecule has 1 unspecified atom stereocenters. The Labute approximate surface area is 191 Å². The Kier molecular flexibility index (Phi) is 5.91. The summed E-state index contributed by atoms with van der Waals surface area (Å²) in [6.07, 6.45) is 0.393. The monoisotopic (exact) mass is 475 g/mol. The number of imidazole rings is 1. The smallest absolute Gasteiger partial charge is 0.377 e. The largest absolute Gasteiger partial charge is 0.420 e. The molecule has 2 amide bonds. The third-order valence-electron chi connectivity index (χ3n) is 5.01. The van der Waals surface area contributed by atoms with Gasteiger partial charge >= 0.3 is 12.2 Å². The number of fused-ring (bicyclic) bond motifs is 1. The van der Waals surface area contributed by atoms with E-state index >= 15 is 0 Å². The van der Waals surface area contributed by atoms with Gasteiger partial charge in [0.2, 0.25) is 0 Å². The fourth-order valence-electron chi connectivity index (χ4n) is 3.37. The molecule has 0 spiro atoms. The first-order chi connectivity index (χ1) is 16.1. The van der Waals surface area contributed by atoms with Gasteiger partial charge in [-0.05, 0) is 26.8 Å². The van der Waals surface area contributed by atoms with E-state index in [-0.39, 0.29) is 11.4 Å². The molecule has 178 valence electrons. The van der Waals surface area contributed by atoms with E-state index in [1.54, 1.807) is 24.6 Å². The molecule has 0 saturated heterocycles. The van der Waals surface area contributed by atoms with E-state index in [1.165, 1.54) is 32.6 Å². The summed E-state index contributed by atoms with van der Waals surface area (Å²) in [6, 6.07) is 0.000540. The lowest BCUT2D eigenvalue weighted by Crippen LogP contribution is -2.23. The van der Waals surface area contributed by atoms with E-state index in [9.17, 15) is 18.0 Å². The zero-order valence-corrected chi connectivity index (χ0v) is 18.5. The maximum absolute atomic E-state index is 13.7. The number of pyridine rings is 1. The van der Waals surface area contributed by atoms with Crippen LogP contribution in [-0.4, -0.2) is 47.7 Å². The van der Waals surface area contributed by atoms with E-state index in [0.717, 1.165) is 10.9 Å². The maximum atomic E-state index is 13.7. The number of aromatic nitrogens is 7. The molecule has 4 rings (SSSR count). The first-order valence-electron chi connectivity index (χ1n) is 9.99. The number of alkyl halides is 3. The number of rotatable bonds is 5. The van der Waals surface area contributed by atoms with Gasteiger partial charge < -0.3 is 15.4 Å². The Bertz CT molecular complexity index is 1350. The average Bonchev–Trinajstić information content (AvgIpc) is 3.42. The molecule has 4 heterocycles. The number of methoxy groups -OCH3 is 1. The Balaban J connectivity index is 1.67. The van der Waals surface area contributed by atoms with Crippen molar-refractivity contribution in [3.8, 4) is 5.82 Å². The number of urea groups is 1. The highest BCUT2D eigenvalue weighted by atomic mass is 19.4. The van der Waals surface area contributed by atoms with Crippen LogP contribution < -0.4 is 10.6 Å². The van der Waals surface area contributed by atoms with Crippen LogP contribution in [0.2, 0.25) is 0 Å². The van der Waals surface area contributed by atoms with Crippen molar-refractivity contribution >= 4 is 23.1 Å². The first kappa shape index (κ1) is 23.1. The van der Waals surface area contributed by atoms with Crippen LogP contribution in [0.15, 0.2) is 30.9 Å². The molecule has 0 aromatic carbocycles. The van der Waals surface area contributed by atoms with Crippen LogP contribution in [0.3, 0.4) is 0 Å². The molecule has 0 aliphatic carbocycles. The predicted molar refractivity (Wildman–Crippen MR) is 115 cm³/mol. The van der Waals surface area contributed by atoms with Crippen LogP contribution in [0.1, 0.15) is 35.5 Å². The molecule has 0 fully saturated rings. The van der Waals surface area contributed by atoms with Crippen molar-refractivity contribution in [2.45, 2.75) is 33.1 Å². The highest BCUT2D eigenvalue weighted by Gasteiger charge is 2.36. The fourth-order valence-corrected chi connectivity index (χ4v) is 3.37. The van der Waals surface area contributed by atoms with Crippen LogP contribution in [0.25, 0.3) is 11.5 Å². The number of nitrogens with one attached hydrogen (secondary N) is 2. The van der Waals surface area contributed by atoms with Crippen molar-refractivity contribution < 1.29 is 22.7 Å². The third kappa shape index (κ3) is 4.39. The Morgan fingerprint density at radius 2 is 1.76 bits per heavy atom. The number of ether oxygens (including phenoxy) is 1. The second kappa shape index (κ2) is 8.70. The number of hydrogen-bond acceptors (Lipinski definition) is 7. The summed E-state index contributed by atoms with van der Waals surface area (Å²) in [5.41, 5.74) is 0.959. The lowest BCUT2D eigenvalue weighted by atomic mass is 10.1. The predicted octanol–water partition coefficient (Wildman–Crippen LogP) is 3.69. The van der Waals surface area contributed by atoms with Gasteiger partial charge in [-0.1, -0.05) is 0 Å². The molecule has 4 aromatic rings. The molecular weight excluding hydrogens is 455 g/mol. The number of aryl methyl sites for hydroxylation is 2. The molecule has 0 aliphatic rings. The first-order valence-corrected chi connectivity index (χ1v) is 9.99. The molecule has 14 heteroatoms. The zero-order chi connectivity index (χ0) is 24.6. The van der Waals surface area contributed by atoms with E-state index in [0.29, 0.717) is 22.6 Å². The Morgan fingerprint density at radius 3 is 2.41 bits per heavy atom. The lowest BCUT2D eigenvalue weighted by molar-refractivity contribution is -0.137. The minimum atomic E-state index is -4.76. The average molecular weight is 475 g/mol. The highest BCUT2D eigenvalue weighted by Crippen LogP contribution is 2.35. The number of nitrogens with zero attached hydrogens (tertiary/aromatic N) is 7. The van der Waals surface area contributed by atoms with Gasteiger partial charge in [-0.2, -0.15) is 28.5 Å². The molecule has 0 aliphatic heterocycles. The van der Waals surface area contributed by atoms with Gasteiger partial charge in [0.15, 0.2) is 11.5 Å². The van der Waals surface area contributed by atoms with Gasteiger partial charge in [-0.15, -0.1) is 4.80 Å². The van der Waals surface area contributed by atoms with Crippen LogP contribution in [0.4, 0.5) is 29.3 Å². The van der Waals surface area contributed by atoms with Crippen molar-refractivity contribution in [1.29, 1.82) is 0 Å². The molecule has 34 heavy (non-hydrogen) atoms. The van der Waals surface area contributed by atoms with Crippen molar-refractivity contribution in [1.82, 2.24) is 34.6 Å². The van der Waals surface area contributed by atoms with Crippen molar-refractivity contribution in [2.24, 2.45) is 0 Å². The number of hydrogen-bond donors (Lipinski definition) is 2. The summed E-state index contributed by atoms with van der Waals surface area (Å²) < 4.78 is 48.1. The summed E-state index contributed by atoms with van der Waals surface area (Å²) in [4.78, 5) is 21.9. The summed E-state index contributed by atoms with van der Waals surface area (Å²) in [7, 11) is 1.50. The summed E-state index contributed by atoms with van der Waals surface area (Å²) in [5.74, 6) is -0.499. The number of halogens is 3. The second-order valence-electron chi connectivity index (χ2n) is 7.39. The van der Waals surface area contributed by atoms with Gasteiger partial charge in [-0.3, -0.25) is 0 Å². The number of amides is 2. The van der Waals surface area contributed by atoms with Gasteiger partial charge in [0.1, 0.15) is 5.56 Å². The topological polar surface area (TPSA) is 124 Å². The van der Waals surface area contributed by atoms with Gasteiger partial charge in [0.05, 0.1) is 59.2 Å². The van der Waals surface area contributed by atoms with Crippen molar-refractivity contribution in [3.05, 3.63) is 53.4 Å². The van der Waals surface area contributed by atoms with Crippen LogP contribution >= 0.6 is 0 Å². The van der Waals surface area contributed by atoms with Gasteiger partial charge in [0.25, 0.3) is 0 Å². The van der Waals surface area contributed by atoms with Gasteiger partial charge in [-0.25, -0.2) is 19.3 Å². The van der Waals surface area contributed by atoms with Crippen LogP contribution in [0, 0.1) is 13.8 Å². The van der Waals surface area contributed by atoms with Crippen molar-refractivity contribution in [3.63, 3.8) is 0 Å². The minimum absolute atomic E-state index is 0.132. The molecule has 11 nitrogen and oxygen atoms in total. The van der Waals surface area contributed by atoms with E-state index in [1.807, 2.05) is 0 Å². The standard InChI is InChI=1S/C20H20F3N9O2/c1-10-9-31-18(27-10)16(12(3)34-4)15(8-26-31)30-19(33)29-14-7-13(20(21,22)23)17(28-11(14)2)32-24-5-6-25-32/h5-9,12H,1-4H3,(H2,29,30,33). The summed E-state index contributed by atoms with van der Waals surface area (Å²) in [6.45, 7) is 5.03. The molecule has 4 aromatic heterocycles. The molecule has 0 radical (unpaired) electrons. The number of carbonyl (C=O) groups is 1. The zero-order valence-electron chi connectivity index (χ0n) is 18.5. The SMILES string of the molecule is COC(C)c1c(NC(=O)Nc2cc(C(F)(F)F)c(-n3nccn3)nc2C)cnn2cc(C)nc12. The summed E-state index contributed by atoms with van der Waals surface area (Å²) >= 11 is 0. The normalized spacial score (nSPS) is 12.7. The highest BCUT2D eigenvalue weighted by molar-refractivity contribution is 6.01. The molecule has 0 bridgehead atoms. The Morgan fingerprint density at radius 1 is 1.09 bits per heavy atom. The Hall–Kier alpha value is -4.07. The number of anilines is 2. The van der Waals surface area contributed by atoms with E-state index in [4.69, 9.17) is 4.74 Å². The van der Waals surface area contributed by atoms with Crippen molar-refractivity contribution in [2.75, 3.05) is 17.7 Å². The molecular formula is C20H20F3N9O2. The summed E-state index contributed by atoms with van der Waals surface area (Å²) in [5, 5.41) is 16.7. The third-order valence-corrected chi connectivity index (χ3v) is 5.01. The number of carbonyl (C=O) groups excluding carboxylic acids is 1. The van der Waals surface area contributed by atoms with E-state index in [2.05, 4.69) is 35.9 Å². The molecule has 1 atom stereocenters.